The molecule has 1 unspecified atom stereocenters. The first-order valence-corrected chi connectivity index (χ1v) is 11.7. The number of amides is 2. The minimum atomic E-state index is -0.511. The van der Waals surface area contributed by atoms with E-state index in [-0.39, 0.29) is 11.8 Å². The fraction of sp³-hybridized carbons (Fsp3) is 0.391. The Kier molecular flexibility index (Phi) is 4.97. The predicted octanol–water partition coefficient (Wildman–Crippen LogP) is 3.62. The van der Waals surface area contributed by atoms with Crippen LogP contribution in [0.2, 0.25) is 0 Å². The minimum Gasteiger partial charge on any atom is -0.324 e. The fourth-order valence-corrected chi connectivity index (χ4v) is 5.34. The molecule has 1 atom stereocenters. The number of hydrogen-bond donors (Lipinski definition) is 1. The Labute approximate surface area is 185 Å². The molecule has 2 fully saturated rings. The molecule has 3 aromatic rings. The van der Waals surface area contributed by atoms with Crippen molar-refractivity contribution in [3.63, 3.8) is 0 Å². The molecule has 31 heavy (non-hydrogen) atoms. The lowest BCUT2D eigenvalue weighted by Crippen LogP contribution is -2.44. The lowest BCUT2D eigenvalue weighted by Gasteiger charge is -2.24. The van der Waals surface area contributed by atoms with Gasteiger partial charge in [0.2, 0.25) is 5.91 Å². The molecule has 1 saturated heterocycles. The molecule has 7 nitrogen and oxygen atoms in total. The number of nitrogens with zero attached hydrogens (tertiary/aromatic N) is 4. The van der Waals surface area contributed by atoms with Crippen LogP contribution >= 0.6 is 11.8 Å². The predicted molar refractivity (Wildman–Crippen MR) is 122 cm³/mol. The van der Waals surface area contributed by atoms with Gasteiger partial charge in [-0.2, -0.15) is 5.10 Å². The lowest BCUT2D eigenvalue weighted by molar-refractivity contribution is -0.119. The molecule has 1 N–H and O–H groups in total. The van der Waals surface area contributed by atoms with Gasteiger partial charge >= 0.3 is 0 Å². The number of carbonyl (C=O) groups excluding carboxylic acids is 2. The van der Waals surface area contributed by atoms with E-state index in [0.29, 0.717) is 23.1 Å². The van der Waals surface area contributed by atoms with Gasteiger partial charge in [-0.25, -0.2) is 4.98 Å². The fourth-order valence-electron chi connectivity index (χ4n) is 4.18. The van der Waals surface area contributed by atoms with Gasteiger partial charge < -0.3 is 10.2 Å². The highest BCUT2D eigenvalue weighted by Gasteiger charge is 2.37. The number of aromatic nitrogens is 3. The summed E-state index contributed by atoms with van der Waals surface area (Å²) in [5.41, 5.74) is 4.89. The van der Waals surface area contributed by atoms with Crippen LogP contribution in [0.1, 0.15) is 46.1 Å². The first kappa shape index (κ1) is 20.1. The van der Waals surface area contributed by atoms with Crippen LogP contribution in [-0.2, 0) is 11.8 Å². The van der Waals surface area contributed by atoms with Gasteiger partial charge in [-0.1, -0.05) is 12.1 Å². The lowest BCUT2D eigenvalue weighted by atomic mass is 10.1. The van der Waals surface area contributed by atoms with Crippen LogP contribution < -0.4 is 5.32 Å². The molecular formula is C23H25N5O2S. The number of fused-ring (bicyclic) bond motifs is 1. The topological polar surface area (TPSA) is 80.1 Å². The quantitative estimate of drug-likeness (QED) is 0.677. The molecule has 3 heterocycles. The van der Waals surface area contributed by atoms with E-state index in [1.807, 2.05) is 51.2 Å². The van der Waals surface area contributed by atoms with Gasteiger partial charge in [0.05, 0.1) is 22.5 Å². The molecule has 0 bridgehead atoms. The van der Waals surface area contributed by atoms with Crippen LogP contribution in [0.15, 0.2) is 30.3 Å². The highest BCUT2D eigenvalue weighted by molar-refractivity contribution is 7.99. The van der Waals surface area contributed by atoms with Crippen molar-refractivity contribution in [1.29, 1.82) is 0 Å². The van der Waals surface area contributed by atoms with E-state index in [2.05, 4.69) is 10.4 Å². The summed E-state index contributed by atoms with van der Waals surface area (Å²) in [6.07, 6.45) is 2.20. The molecule has 1 aromatic carbocycles. The summed E-state index contributed by atoms with van der Waals surface area (Å²) in [7, 11) is 1.86. The first-order chi connectivity index (χ1) is 14.9. The third-order valence-electron chi connectivity index (χ3n) is 5.95. The Balaban J connectivity index is 1.48. The van der Waals surface area contributed by atoms with Crippen molar-refractivity contribution in [2.45, 2.75) is 38.6 Å². The number of hydrogen-bond acceptors (Lipinski definition) is 5. The Morgan fingerprint density at radius 3 is 2.74 bits per heavy atom. The van der Waals surface area contributed by atoms with E-state index < -0.39 is 6.04 Å². The molecule has 2 aromatic heterocycles. The second kappa shape index (κ2) is 7.67. The average Bonchev–Trinajstić information content (AvgIpc) is 3.40. The summed E-state index contributed by atoms with van der Waals surface area (Å²) in [5.74, 6) is 1.21. The molecular weight excluding hydrogens is 410 g/mol. The van der Waals surface area contributed by atoms with Crippen LogP contribution in [0.4, 0.5) is 5.69 Å². The van der Waals surface area contributed by atoms with Crippen LogP contribution in [0.3, 0.4) is 0 Å². The van der Waals surface area contributed by atoms with E-state index in [9.17, 15) is 9.59 Å². The molecule has 2 aliphatic rings. The molecule has 0 spiro atoms. The average molecular weight is 436 g/mol. The van der Waals surface area contributed by atoms with Crippen molar-refractivity contribution in [3.05, 3.63) is 52.8 Å². The summed E-state index contributed by atoms with van der Waals surface area (Å²) in [6.45, 7) is 3.89. The number of rotatable bonds is 4. The van der Waals surface area contributed by atoms with Gasteiger partial charge in [0, 0.05) is 30.1 Å². The number of aryl methyl sites for hydroxylation is 3. The maximum absolute atomic E-state index is 13.7. The number of thioether (sulfide) groups is 1. The van der Waals surface area contributed by atoms with Crippen LogP contribution in [0.5, 0.6) is 0 Å². The highest BCUT2D eigenvalue weighted by Crippen LogP contribution is 2.41. The molecule has 1 aliphatic carbocycles. The molecule has 1 aliphatic heterocycles. The molecule has 2 amide bonds. The number of benzene rings is 1. The zero-order valence-electron chi connectivity index (χ0n) is 17.9. The second-order valence-corrected chi connectivity index (χ2v) is 9.43. The number of carbonyl (C=O) groups is 2. The first-order valence-electron chi connectivity index (χ1n) is 10.5. The largest absolute Gasteiger partial charge is 0.324 e. The molecule has 0 radical (unpaired) electrons. The van der Waals surface area contributed by atoms with Crippen molar-refractivity contribution < 1.29 is 9.59 Å². The standard InChI is InChI=1S/C23H25N5O2S/c1-13-5-4-6-16(9-13)24-22(29)19-11-31-12-28(19)23(30)17-10-18(15-7-8-15)25-21-20(17)14(2)26-27(21)3/h4-6,9-10,15,19H,7-8,11-12H2,1-3H3,(H,24,29). The number of pyridine rings is 1. The third kappa shape index (κ3) is 3.69. The smallest absolute Gasteiger partial charge is 0.256 e. The summed E-state index contributed by atoms with van der Waals surface area (Å²) in [5, 5.41) is 8.26. The third-order valence-corrected chi connectivity index (χ3v) is 6.96. The van der Waals surface area contributed by atoms with Crippen LogP contribution in [0, 0.1) is 13.8 Å². The van der Waals surface area contributed by atoms with Crippen molar-refractivity contribution in [2.24, 2.45) is 7.05 Å². The Hall–Kier alpha value is -2.87. The van der Waals surface area contributed by atoms with Gasteiger partial charge in [0.1, 0.15) is 6.04 Å². The maximum atomic E-state index is 13.7. The highest BCUT2D eigenvalue weighted by atomic mass is 32.2. The van der Waals surface area contributed by atoms with E-state index in [0.717, 1.165) is 46.5 Å². The Morgan fingerprint density at radius 1 is 1.19 bits per heavy atom. The Bertz CT molecular complexity index is 1200. The molecule has 8 heteroatoms. The van der Waals surface area contributed by atoms with Crippen LogP contribution in [-0.4, -0.2) is 49.2 Å². The zero-order valence-corrected chi connectivity index (χ0v) is 18.7. The van der Waals surface area contributed by atoms with Gasteiger partial charge in [0.15, 0.2) is 5.65 Å². The molecule has 160 valence electrons. The van der Waals surface area contributed by atoms with Gasteiger partial charge in [0.25, 0.3) is 5.91 Å². The van der Waals surface area contributed by atoms with Crippen LogP contribution in [0.25, 0.3) is 11.0 Å². The van der Waals surface area contributed by atoms with E-state index in [4.69, 9.17) is 4.98 Å². The second-order valence-electron chi connectivity index (χ2n) is 8.43. The van der Waals surface area contributed by atoms with E-state index in [1.54, 1.807) is 21.3 Å². The monoisotopic (exact) mass is 435 g/mol. The van der Waals surface area contributed by atoms with Crippen molar-refractivity contribution >= 4 is 40.3 Å². The summed E-state index contributed by atoms with van der Waals surface area (Å²) in [6, 6.07) is 9.11. The summed E-state index contributed by atoms with van der Waals surface area (Å²) < 4.78 is 1.74. The van der Waals surface area contributed by atoms with Crippen molar-refractivity contribution in [2.75, 3.05) is 16.9 Å². The molecule has 1 saturated carbocycles. The van der Waals surface area contributed by atoms with Crippen molar-refractivity contribution in [3.8, 4) is 0 Å². The van der Waals surface area contributed by atoms with E-state index >= 15 is 0 Å². The summed E-state index contributed by atoms with van der Waals surface area (Å²) in [4.78, 5) is 33.2. The Morgan fingerprint density at radius 2 is 2.00 bits per heavy atom. The van der Waals surface area contributed by atoms with Gasteiger partial charge in [-0.3, -0.25) is 14.3 Å². The summed E-state index contributed by atoms with van der Waals surface area (Å²) >= 11 is 1.60. The van der Waals surface area contributed by atoms with Gasteiger partial charge in [-0.05, 0) is 50.5 Å². The molecule has 5 rings (SSSR count). The van der Waals surface area contributed by atoms with Crippen molar-refractivity contribution in [1.82, 2.24) is 19.7 Å². The number of anilines is 1. The normalized spacial score (nSPS) is 18.5. The number of nitrogens with one attached hydrogen (secondary N) is 1. The van der Waals surface area contributed by atoms with Gasteiger partial charge in [-0.15, -0.1) is 11.8 Å². The zero-order chi connectivity index (χ0) is 21.7. The minimum absolute atomic E-state index is 0.125. The van der Waals surface area contributed by atoms with E-state index in [1.165, 1.54) is 0 Å². The maximum Gasteiger partial charge on any atom is 0.256 e. The SMILES string of the molecule is Cc1cccc(NC(=O)C2CSCN2C(=O)c2cc(C3CC3)nc3c2c(C)nn3C)c1.